The predicted octanol–water partition coefficient (Wildman–Crippen LogP) is 3.28. The average molecular weight is 528 g/mol. The summed E-state index contributed by atoms with van der Waals surface area (Å²) in [4.78, 5) is 50.6. The highest BCUT2D eigenvalue weighted by atomic mass is 35.5. The fourth-order valence-electron chi connectivity index (χ4n) is 6.81. The molecule has 3 saturated carbocycles. The van der Waals surface area contributed by atoms with E-state index in [1.807, 2.05) is 0 Å². The lowest BCUT2D eigenvalue weighted by molar-refractivity contribution is -0.143. The van der Waals surface area contributed by atoms with Gasteiger partial charge in [0.25, 0.3) is 5.56 Å². The van der Waals surface area contributed by atoms with Crippen LogP contribution in [0.15, 0.2) is 21.9 Å². The number of fused-ring (bicyclic) bond motifs is 1. The second-order valence-electron chi connectivity index (χ2n) is 10.6. The number of carboxylic acids is 1. The lowest BCUT2D eigenvalue weighted by atomic mass is 9.62. The van der Waals surface area contributed by atoms with Crippen molar-refractivity contribution in [1.82, 2.24) is 14.5 Å². The van der Waals surface area contributed by atoms with Gasteiger partial charge in [0.2, 0.25) is 5.91 Å². The summed E-state index contributed by atoms with van der Waals surface area (Å²) in [6.07, 6.45) is 9.30. The fourth-order valence-corrected chi connectivity index (χ4v) is 7.78. The maximum atomic E-state index is 13.0. The van der Waals surface area contributed by atoms with Crippen LogP contribution < -0.4 is 16.6 Å². The van der Waals surface area contributed by atoms with Crippen molar-refractivity contribution in [3.05, 3.63) is 33.1 Å². The molecule has 35 heavy (non-hydrogen) atoms. The van der Waals surface area contributed by atoms with E-state index < -0.39 is 28.7 Å². The summed E-state index contributed by atoms with van der Waals surface area (Å²) in [6, 6.07) is 0.229. The number of aliphatic carboxylic acids is 1. The summed E-state index contributed by atoms with van der Waals surface area (Å²) >= 11 is 12.8. The zero-order valence-electron chi connectivity index (χ0n) is 20.1. The van der Waals surface area contributed by atoms with Gasteiger partial charge in [-0.1, -0.05) is 25.7 Å². The first-order chi connectivity index (χ1) is 16.7. The van der Waals surface area contributed by atoms with Gasteiger partial charge in [-0.25, -0.2) is 9.59 Å². The first-order valence-electron chi connectivity index (χ1n) is 12.8. The lowest BCUT2D eigenvalue weighted by Crippen LogP contribution is -2.51. The number of carbonyl (C=O) groups is 2. The molecule has 0 aromatic carbocycles. The van der Waals surface area contributed by atoms with Gasteiger partial charge in [0.05, 0.1) is 5.92 Å². The van der Waals surface area contributed by atoms with Crippen molar-refractivity contribution >= 4 is 35.1 Å². The van der Waals surface area contributed by atoms with E-state index in [-0.39, 0.29) is 41.0 Å². The summed E-state index contributed by atoms with van der Waals surface area (Å²) in [7, 11) is 1.64. The molecule has 1 heterocycles. The maximum Gasteiger partial charge on any atom is 0.330 e. The Labute approximate surface area is 215 Å². The van der Waals surface area contributed by atoms with Crippen LogP contribution in [0.5, 0.6) is 0 Å². The molecule has 4 rings (SSSR count). The molecule has 0 saturated heterocycles. The Balaban J connectivity index is 1.51. The third kappa shape index (κ3) is 5.48. The topological polar surface area (TPSA) is 110 Å². The molecule has 8 nitrogen and oxygen atoms in total. The van der Waals surface area contributed by atoms with Gasteiger partial charge < -0.3 is 15.0 Å². The van der Waals surface area contributed by atoms with E-state index in [0.717, 1.165) is 44.9 Å². The molecule has 3 aliphatic rings. The molecule has 7 atom stereocenters. The minimum Gasteiger partial charge on any atom is -0.480 e. The first-order valence-corrected chi connectivity index (χ1v) is 13.7. The van der Waals surface area contributed by atoms with E-state index in [0.29, 0.717) is 19.3 Å². The Hall–Kier alpha value is -1.80. The Morgan fingerprint density at radius 1 is 1.03 bits per heavy atom. The van der Waals surface area contributed by atoms with Gasteiger partial charge in [0, 0.05) is 36.1 Å². The van der Waals surface area contributed by atoms with Gasteiger partial charge >= 0.3 is 11.7 Å². The number of halogens is 2. The molecule has 3 aliphatic carbocycles. The Bertz CT molecular complexity index is 1050. The number of amides is 1. The van der Waals surface area contributed by atoms with Crippen molar-refractivity contribution in [2.75, 3.05) is 0 Å². The summed E-state index contributed by atoms with van der Waals surface area (Å²) in [5.74, 6) is -1.62. The average Bonchev–Trinajstić information content (AvgIpc) is 2.81. The van der Waals surface area contributed by atoms with Crippen LogP contribution in [0.4, 0.5) is 0 Å². The molecular weight excluding hydrogens is 493 g/mol. The van der Waals surface area contributed by atoms with E-state index in [1.54, 1.807) is 7.05 Å². The molecule has 0 radical (unpaired) electrons. The molecule has 1 amide bonds. The van der Waals surface area contributed by atoms with Crippen molar-refractivity contribution in [3.8, 4) is 0 Å². The zero-order valence-corrected chi connectivity index (χ0v) is 21.6. The van der Waals surface area contributed by atoms with Crippen molar-refractivity contribution in [3.63, 3.8) is 0 Å². The molecule has 6 unspecified atom stereocenters. The maximum absolute atomic E-state index is 13.0. The third-order valence-corrected chi connectivity index (χ3v) is 9.49. The molecule has 0 bridgehead atoms. The van der Waals surface area contributed by atoms with Gasteiger partial charge in [0.15, 0.2) is 0 Å². The van der Waals surface area contributed by atoms with E-state index in [2.05, 4.69) is 5.32 Å². The smallest absolute Gasteiger partial charge is 0.330 e. The number of rotatable bonds is 6. The predicted molar refractivity (Wildman–Crippen MR) is 134 cm³/mol. The van der Waals surface area contributed by atoms with E-state index in [1.165, 1.54) is 21.4 Å². The molecule has 194 valence electrons. The van der Waals surface area contributed by atoms with Crippen molar-refractivity contribution in [2.45, 2.75) is 87.0 Å². The van der Waals surface area contributed by atoms with Gasteiger partial charge in [-0.2, -0.15) is 0 Å². The van der Waals surface area contributed by atoms with Crippen LogP contribution in [0.2, 0.25) is 0 Å². The summed E-state index contributed by atoms with van der Waals surface area (Å²) < 4.78 is 2.83. The van der Waals surface area contributed by atoms with Crippen molar-refractivity contribution in [2.24, 2.45) is 30.7 Å². The molecular formula is C25H35Cl2N3O5. The SMILES string of the molecule is Cn1ccc(=O)n(C2CCCC3C(C[C@H](NC(=O)C4C(Cl)CCCC4Cl)C(=O)O)CCCC32)c1=O. The van der Waals surface area contributed by atoms with Crippen LogP contribution in [0.25, 0.3) is 0 Å². The number of aryl methyl sites for hydroxylation is 1. The second-order valence-corrected chi connectivity index (χ2v) is 11.7. The lowest BCUT2D eigenvalue weighted by Gasteiger charge is -2.46. The van der Waals surface area contributed by atoms with Gasteiger partial charge in [-0.05, 0) is 56.3 Å². The molecule has 3 fully saturated rings. The van der Waals surface area contributed by atoms with Gasteiger partial charge in [-0.15, -0.1) is 23.2 Å². The highest BCUT2D eigenvalue weighted by molar-refractivity contribution is 6.26. The number of hydrogen-bond donors (Lipinski definition) is 2. The third-order valence-electron chi connectivity index (χ3n) is 8.51. The summed E-state index contributed by atoms with van der Waals surface area (Å²) in [6.45, 7) is 0. The molecule has 0 spiro atoms. The number of hydrogen-bond acceptors (Lipinski definition) is 4. The molecule has 1 aromatic heterocycles. The standard InChI is InChI=1S/C25H35Cl2N3O5/c1-29-12-11-21(31)30(25(29)35)20-10-3-6-15-14(5-2-7-16(15)20)13-19(24(33)34)28-23(32)22-17(26)8-4-9-18(22)27/h11-12,14-20,22H,2-10,13H2,1H3,(H,28,32)(H,33,34)/t14?,15?,16?,17?,18?,19-,20?,22?/m0/s1. The van der Waals surface area contributed by atoms with Crippen LogP contribution in [-0.4, -0.2) is 42.9 Å². The molecule has 0 aliphatic heterocycles. The molecule has 10 heteroatoms. The number of carboxylic acid groups (broad SMARTS) is 1. The Morgan fingerprint density at radius 2 is 1.66 bits per heavy atom. The number of nitrogens with one attached hydrogen (secondary N) is 1. The highest BCUT2D eigenvalue weighted by Crippen LogP contribution is 2.49. The number of carbonyl (C=O) groups excluding carboxylic acids is 1. The molecule has 2 N–H and O–H groups in total. The van der Waals surface area contributed by atoms with Crippen LogP contribution in [0.1, 0.15) is 70.3 Å². The number of nitrogens with zero attached hydrogens (tertiary/aromatic N) is 2. The quantitative estimate of drug-likeness (QED) is 0.551. The first kappa shape index (κ1) is 26.3. The highest BCUT2D eigenvalue weighted by Gasteiger charge is 2.44. The van der Waals surface area contributed by atoms with Crippen LogP contribution in [0, 0.1) is 23.7 Å². The van der Waals surface area contributed by atoms with E-state index in [4.69, 9.17) is 23.2 Å². The number of aromatic nitrogens is 2. The normalized spacial score (nSPS) is 34.0. The minimum absolute atomic E-state index is 0.0890. The van der Waals surface area contributed by atoms with Crippen molar-refractivity contribution < 1.29 is 14.7 Å². The van der Waals surface area contributed by atoms with E-state index in [9.17, 15) is 24.3 Å². The Kier molecular flexibility index (Phi) is 8.31. The number of alkyl halides is 2. The van der Waals surface area contributed by atoms with Crippen LogP contribution in [0.3, 0.4) is 0 Å². The van der Waals surface area contributed by atoms with Crippen LogP contribution >= 0.6 is 23.2 Å². The van der Waals surface area contributed by atoms with Gasteiger partial charge in [0.1, 0.15) is 6.04 Å². The summed E-state index contributed by atoms with van der Waals surface area (Å²) in [5, 5.41) is 11.9. The second kappa shape index (κ2) is 11.1. The fraction of sp³-hybridized carbons (Fsp3) is 0.760. The van der Waals surface area contributed by atoms with Crippen LogP contribution in [-0.2, 0) is 16.6 Å². The van der Waals surface area contributed by atoms with Crippen molar-refractivity contribution in [1.29, 1.82) is 0 Å². The molecule has 1 aromatic rings. The summed E-state index contributed by atoms with van der Waals surface area (Å²) in [5.41, 5.74) is -0.588. The minimum atomic E-state index is -1.06. The monoisotopic (exact) mass is 527 g/mol. The Morgan fingerprint density at radius 3 is 2.34 bits per heavy atom. The zero-order chi connectivity index (χ0) is 25.3. The largest absolute Gasteiger partial charge is 0.480 e. The van der Waals surface area contributed by atoms with E-state index >= 15 is 0 Å². The van der Waals surface area contributed by atoms with Gasteiger partial charge in [-0.3, -0.25) is 14.2 Å².